The molecule has 2 N–H and O–H groups in total. The highest BCUT2D eigenvalue weighted by Gasteiger charge is 2.33. The Morgan fingerprint density at radius 2 is 2.07 bits per heavy atom. The van der Waals surface area contributed by atoms with Gasteiger partial charge in [0, 0.05) is 22.7 Å². The van der Waals surface area contributed by atoms with Crippen LogP contribution in [0.15, 0.2) is 54.9 Å². The first-order valence-electron chi connectivity index (χ1n) is 8.65. The number of thiophene rings is 1. The van der Waals surface area contributed by atoms with Crippen LogP contribution < -0.4 is 10.2 Å². The van der Waals surface area contributed by atoms with Gasteiger partial charge in [0.1, 0.15) is 5.82 Å². The molecule has 0 spiro atoms. The average Bonchev–Trinajstić information content (AvgIpc) is 3.40. The number of fused-ring (bicyclic) bond motifs is 1. The van der Waals surface area contributed by atoms with Crippen molar-refractivity contribution in [3.63, 3.8) is 0 Å². The van der Waals surface area contributed by atoms with Gasteiger partial charge in [-0.2, -0.15) is 0 Å². The Balaban J connectivity index is 1.52. The summed E-state index contributed by atoms with van der Waals surface area (Å²) >= 11 is 7.30. The van der Waals surface area contributed by atoms with E-state index in [0.717, 1.165) is 21.5 Å². The third-order valence-corrected chi connectivity index (χ3v) is 6.14. The Kier molecular flexibility index (Phi) is 4.07. The molecule has 1 aliphatic rings. The smallest absolute Gasteiger partial charge is 0.322 e. The Morgan fingerprint density at radius 1 is 1.18 bits per heavy atom. The van der Waals surface area contributed by atoms with Crippen molar-refractivity contribution in [1.82, 2.24) is 15.3 Å². The maximum Gasteiger partial charge on any atom is 0.322 e. The predicted octanol–water partition coefficient (Wildman–Crippen LogP) is 5.35. The number of anilines is 1. The summed E-state index contributed by atoms with van der Waals surface area (Å²) in [6, 6.07) is 13.7. The third-order valence-electron chi connectivity index (χ3n) is 4.88. The predicted molar refractivity (Wildman–Crippen MR) is 109 cm³/mol. The summed E-state index contributed by atoms with van der Waals surface area (Å²) in [5.74, 6) is -0.335. The van der Waals surface area contributed by atoms with E-state index in [2.05, 4.69) is 15.3 Å². The van der Waals surface area contributed by atoms with Crippen LogP contribution in [0.2, 0.25) is 4.34 Å². The van der Waals surface area contributed by atoms with Gasteiger partial charge in [0.2, 0.25) is 0 Å². The highest BCUT2D eigenvalue weighted by atomic mass is 35.5. The van der Waals surface area contributed by atoms with Crippen LogP contribution in [0.3, 0.4) is 0 Å². The van der Waals surface area contributed by atoms with Crippen molar-refractivity contribution < 1.29 is 9.18 Å². The lowest BCUT2D eigenvalue weighted by molar-refractivity contribution is 0.251. The first-order chi connectivity index (χ1) is 13.6. The first-order valence-corrected chi connectivity index (χ1v) is 9.85. The normalized spacial score (nSPS) is 16.7. The minimum atomic E-state index is -0.335. The van der Waals surface area contributed by atoms with Crippen LogP contribution in [0.25, 0.3) is 21.5 Å². The summed E-state index contributed by atoms with van der Waals surface area (Å²) < 4.78 is 15.4. The van der Waals surface area contributed by atoms with Crippen molar-refractivity contribution in [2.75, 3.05) is 11.4 Å². The molecule has 1 saturated heterocycles. The van der Waals surface area contributed by atoms with Gasteiger partial charge in [0.25, 0.3) is 0 Å². The van der Waals surface area contributed by atoms with Crippen molar-refractivity contribution in [3.8, 4) is 10.4 Å². The lowest BCUT2D eigenvalue weighted by Crippen LogP contribution is -2.29. The van der Waals surface area contributed by atoms with Crippen LogP contribution in [0.4, 0.5) is 14.9 Å². The van der Waals surface area contributed by atoms with Crippen molar-refractivity contribution >= 4 is 45.7 Å². The van der Waals surface area contributed by atoms with Gasteiger partial charge >= 0.3 is 6.03 Å². The van der Waals surface area contributed by atoms with Crippen molar-refractivity contribution in [3.05, 3.63) is 70.6 Å². The van der Waals surface area contributed by atoms with Gasteiger partial charge in [-0.15, -0.1) is 11.3 Å². The molecule has 4 aromatic rings. The molecule has 3 heterocycles. The lowest BCUT2D eigenvalue weighted by Gasteiger charge is -2.24. The maximum absolute atomic E-state index is 14.8. The van der Waals surface area contributed by atoms with Crippen LogP contribution in [0, 0.1) is 5.82 Å². The Hall–Kier alpha value is -2.90. The number of imidazole rings is 1. The molecule has 0 aliphatic carbocycles. The highest BCUT2D eigenvalue weighted by Crippen LogP contribution is 2.36. The number of carbonyl (C=O) groups excluding carboxylic acids is 1. The summed E-state index contributed by atoms with van der Waals surface area (Å²) in [4.78, 5) is 22.2. The number of aromatic nitrogens is 2. The van der Waals surface area contributed by atoms with Crippen LogP contribution in [0.1, 0.15) is 11.6 Å². The van der Waals surface area contributed by atoms with E-state index in [1.165, 1.54) is 17.4 Å². The van der Waals surface area contributed by atoms with Crippen molar-refractivity contribution in [2.24, 2.45) is 0 Å². The molecule has 8 heteroatoms. The summed E-state index contributed by atoms with van der Waals surface area (Å²) in [5.41, 5.74) is 3.61. The fourth-order valence-corrected chi connectivity index (χ4v) is 4.60. The molecule has 28 heavy (non-hydrogen) atoms. The van der Waals surface area contributed by atoms with E-state index in [0.29, 0.717) is 22.1 Å². The molecule has 2 aromatic heterocycles. The number of aromatic amines is 1. The number of benzene rings is 2. The zero-order valence-corrected chi connectivity index (χ0v) is 16.0. The second-order valence-corrected chi connectivity index (χ2v) is 8.23. The van der Waals surface area contributed by atoms with Crippen LogP contribution in [-0.2, 0) is 0 Å². The van der Waals surface area contributed by atoms with Crippen molar-refractivity contribution in [2.45, 2.75) is 6.04 Å². The monoisotopic (exact) mass is 412 g/mol. The largest absolute Gasteiger partial charge is 0.345 e. The van der Waals surface area contributed by atoms with Crippen molar-refractivity contribution in [1.29, 1.82) is 0 Å². The second kappa shape index (κ2) is 6.61. The Labute approximate surface area is 168 Å². The number of hydrogen-bond donors (Lipinski definition) is 2. The number of halogens is 2. The van der Waals surface area contributed by atoms with E-state index in [-0.39, 0.29) is 17.9 Å². The van der Waals surface area contributed by atoms with E-state index in [1.54, 1.807) is 29.4 Å². The minimum Gasteiger partial charge on any atom is -0.345 e. The lowest BCUT2D eigenvalue weighted by atomic mass is 10.0. The van der Waals surface area contributed by atoms with Gasteiger partial charge in [-0.25, -0.2) is 14.2 Å². The molecule has 2 aromatic carbocycles. The molecule has 2 amide bonds. The highest BCUT2D eigenvalue weighted by molar-refractivity contribution is 7.19. The Bertz CT molecular complexity index is 1200. The van der Waals surface area contributed by atoms with Gasteiger partial charge in [-0.1, -0.05) is 23.7 Å². The summed E-state index contributed by atoms with van der Waals surface area (Å²) in [6.07, 6.45) is 1.61. The summed E-state index contributed by atoms with van der Waals surface area (Å²) in [6.45, 7) is 0.404. The van der Waals surface area contributed by atoms with E-state index >= 15 is 0 Å². The molecule has 1 aliphatic heterocycles. The Morgan fingerprint density at radius 3 is 2.86 bits per heavy atom. The zero-order chi connectivity index (χ0) is 19.3. The number of rotatable bonds is 3. The van der Waals surface area contributed by atoms with Gasteiger partial charge in [-0.3, -0.25) is 4.90 Å². The van der Waals surface area contributed by atoms with Crippen LogP contribution >= 0.6 is 22.9 Å². The van der Waals surface area contributed by atoms with E-state index in [9.17, 15) is 9.18 Å². The number of nitrogens with zero attached hydrogens (tertiary/aromatic N) is 2. The topological polar surface area (TPSA) is 61.0 Å². The number of amides is 2. The molecule has 0 saturated carbocycles. The number of H-pyrrole nitrogens is 1. The number of urea groups is 1. The quantitative estimate of drug-likeness (QED) is 0.476. The molecule has 5 rings (SSSR count). The van der Waals surface area contributed by atoms with Gasteiger partial charge in [0.15, 0.2) is 0 Å². The SMILES string of the molecule is O=C1NCC(c2ccc(-c3ccc(Cl)s3)c(F)c2)N1c1ccc2[nH]cnc2c1. The minimum absolute atomic E-state index is 0.214. The molecular weight excluding hydrogens is 399 g/mol. The number of nitrogens with one attached hydrogen (secondary N) is 2. The van der Waals surface area contributed by atoms with Gasteiger partial charge < -0.3 is 10.3 Å². The molecule has 0 bridgehead atoms. The fourth-order valence-electron chi connectivity index (χ4n) is 3.53. The standard InChI is InChI=1S/C20H14ClFN4OS/c21-19-6-5-18(28-19)13-3-1-11(7-14(13)22)17-9-23-20(27)26(17)12-2-4-15-16(8-12)25-10-24-15/h1-8,10,17H,9H2,(H,23,27)(H,24,25). The average molecular weight is 413 g/mol. The number of hydrogen-bond acceptors (Lipinski definition) is 3. The van der Waals surface area contributed by atoms with Crippen LogP contribution in [-0.4, -0.2) is 22.5 Å². The van der Waals surface area contributed by atoms with Crippen LogP contribution in [0.5, 0.6) is 0 Å². The van der Waals surface area contributed by atoms with E-state index in [4.69, 9.17) is 11.6 Å². The summed E-state index contributed by atoms with van der Waals surface area (Å²) in [7, 11) is 0. The van der Waals surface area contributed by atoms with Gasteiger partial charge in [-0.05, 0) is 42.0 Å². The third kappa shape index (κ3) is 2.83. The number of carbonyl (C=O) groups is 1. The molecule has 1 unspecified atom stereocenters. The summed E-state index contributed by atoms with van der Waals surface area (Å²) in [5, 5.41) is 2.85. The maximum atomic E-state index is 14.8. The van der Waals surface area contributed by atoms with E-state index in [1.807, 2.05) is 24.3 Å². The first kappa shape index (κ1) is 17.2. The molecule has 5 nitrogen and oxygen atoms in total. The fraction of sp³-hybridized carbons (Fsp3) is 0.100. The molecule has 0 radical (unpaired) electrons. The molecular formula is C20H14ClFN4OS. The molecule has 1 fully saturated rings. The second-order valence-electron chi connectivity index (χ2n) is 6.52. The van der Waals surface area contributed by atoms with E-state index < -0.39 is 0 Å². The molecule has 1 atom stereocenters. The molecule has 140 valence electrons. The zero-order valence-electron chi connectivity index (χ0n) is 14.4. The van der Waals surface area contributed by atoms with Gasteiger partial charge in [0.05, 0.1) is 27.7 Å².